The van der Waals surface area contributed by atoms with Crippen LogP contribution in [0.4, 0.5) is 11.4 Å². The average Bonchev–Trinajstić information content (AvgIpc) is 3.17. The second kappa shape index (κ2) is 11.6. The number of benzene rings is 1. The number of piperazine rings is 1. The van der Waals surface area contributed by atoms with E-state index in [0.717, 1.165) is 89.0 Å². The Morgan fingerprint density at radius 1 is 0.750 bits per heavy atom. The van der Waals surface area contributed by atoms with Crippen LogP contribution in [0.25, 0.3) is 0 Å². The first-order valence-electron chi connectivity index (χ1n) is 14.1. The van der Waals surface area contributed by atoms with Crippen LogP contribution in [0.15, 0.2) is 18.2 Å². The summed E-state index contributed by atoms with van der Waals surface area (Å²) >= 11 is 0. The second-order valence-electron chi connectivity index (χ2n) is 10.9. The van der Waals surface area contributed by atoms with Gasteiger partial charge in [0.25, 0.3) is 5.91 Å². The standard InChI is InChI=1S/C28H41N5O3/c34-26(21-6-2-1-3-7-21)30-24-20-23(28(36)32-14-5-12-29-13-15-32)10-11-25(24)31-16-18-33(19-17-31)27(35)22-8-4-9-22/h10-11,20-22,29H,1-9,12-19H2,(H,30,34). The van der Waals surface area contributed by atoms with E-state index in [0.29, 0.717) is 31.1 Å². The molecule has 1 aromatic carbocycles. The Labute approximate surface area is 214 Å². The van der Waals surface area contributed by atoms with Gasteiger partial charge in [-0.15, -0.1) is 0 Å². The van der Waals surface area contributed by atoms with Crippen molar-refractivity contribution < 1.29 is 14.4 Å². The van der Waals surface area contributed by atoms with Crippen LogP contribution >= 0.6 is 0 Å². The van der Waals surface area contributed by atoms with Crippen LogP contribution in [0.2, 0.25) is 0 Å². The Hall–Kier alpha value is -2.61. The Morgan fingerprint density at radius 2 is 1.50 bits per heavy atom. The van der Waals surface area contributed by atoms with E-state index < -0.39 is 0 Å². The smallest absolute Gasteiger partial charge is 0.253 e. The summed E-state index contributed by atoms with van der Waals surface area (Å²) in [5.41, 5.74) is 2.30. The van der Waals surface area contributed by atoms with Gasteiger partial charge in [0.05, 0.1) is 11.4 Å². The van der Waals surface area contributed by atoms with Crippen molar-refractivity contribution in [2.45, 2.75) is 57.8 Å². The van der Waals surface area contributed by atoms with Crippen LogP contribution in [-0.2, 0) is 9.59 Å². The maximum Gasteiger partial charge on any atom is 0.253 e. The molecule has 3 amide bonds. The summed E-state index contributed by atoms with van der Waals surface area (Å²) in [7, 11) is 0. The van der Waals surface area contributed by atoms with Gasteiger partial charge >= 0.3 is 0 Å². The lowest BCUT2D eigenvalue weighted by Gasteiger charge is -2.39. The van der Waals surface area contributed by atoms with Crippen LogP contribution in [0, 0.1) is 11.8 Å². The summed E-state index contributed by atoms with van der Waals surface area (Å²) in [6.45, 7) is 6.04. The zero-order valence-corrected chi connectivity index (χ0v) is 21.5. The van der Waals surface area contributed by atoms with Crippen molar-refractivity contribution >= 4 is 29.1 Å². The molecule has 5 rings (SSSR count). The van der Waals surface area contributed by atoms with Gasteiger partial charge in [0.1, 0.15) is 0 Å². The van der Waals surface area contributed by atoms with Crippen molar-refractivity contribution in [3.63, 3.8) is 0 Å². The van der Waals surface area contributed by atoms with E-state index in [1.165, 1.54) is 12.8 Å². The van der Waals surface area contributed by atoms with E-state index in [-0.39, 0.29) is 23.7 Å². The topological polar surface area (TPSA) is 85.0 Å². The number of carbonyl (C=O) groups is 3. The monoisotopic (exact) mass is 495 g/mol. The van der Waals surface area contributed by atoms with Crippen LogP contribution in [0.1, 0.15) is 68.1 Å². The Balaban J connectivity index is 1.33. The van der Waals surface area contributed by atoms with Crippen molar-refractivity contribution in [2.24, 2.45) is 11.8 Å². The van der Waals surface area contributed by atoms with Crippen LogP contribution in [0.3, 0.4) is 0 Å². The fourth-order valence-electron chi connectivity index (χ4n) is 5.96. The number of hydrogen-bond acceptors (Lipinski definition) is 5. The number of rotatable bonds is 5. The molecule has 0 unspecified atom stereocenters. The van der Waals surface area contributed by atoms with E-state index >= 15 is 0 Å². The van der Waals surface area contributed by atoms with Crippen LogP contribution in [-0.4, -0.2) is 79.9 Å². The van der Waals surface area contributed by atoms with E-state index in [1.807, 2.05) is 28.0 Å². The third kappa shape index (κ3) is 5.69. The fraction of sp³-hybridized carbons (Fsp3) is 0.679. The lowest BCUT2D eigenvalue weighted by molar-refractivity contribution is -0.138. The highest BCUT2D eigenvalue weighted by Gasteiger charge is 2.32. The SMILES string of the molecule is O=C(Nc1cc(C(=O)N2CCCNCC2)ccc1N1CCN(C(=O)C2CCC2)CC1)C1CCCCC1. The number of hydrogen-bond donors (Lipinski definition) is 2. The van der Waals surface area contributed by atoms with Gasteiger partial charge < -0.3 is 25.3 Å². The number of nitrogens with zero attached hydrogens (tertiary/aromatic N) is 3. The van der Waals surface area contributed by atoms with Gasteiger partial charge in [0.15, 0.2) is 0 Å². The number of carbonyl (C=O) groups excluding carboxylic acids is 3. The molecule has 8 heteroatoms. The van der Waals surface area contributed by atoms with Gasteiger partial charge in [-0.3, -0.25) is 14.4 Å². The van der Waals surface area contributed by atoms with Crippen molar-refractivity contribution in [2.75, 3.05) is 62.6 Å². The number of nitrogens with one attached hydrogen (secondary N) is 2. The van der Waals surface area contributed by atoms with Gasteiger partial charge in [0, 0.05) is 63.2 Å². The van der Waals surface area contributed by atoms with E-state index in [2.05, 4.69) is 15.5 Å². The first kappa shape index (κ1) is 25.1. The molecule has 0 bridgehead atoms. The van der Waals surface area contributed by atoms with Gasteiger partial charge in [-0.1, -0.05) is 25.7 Å². The largest absolute Gasteiger partial charge is 0.366 e. The lowest BCUT2D eigenvalue weighted by atomic mass is 9.84. The predicted molar refractivity (Wildman–Crippen MR) is 141 cm³/mol. The lowest BCUT2D eigenvalue weighted by Crippen LogP contribution is -2.51. The van der Waals surface area contributed by atoms with Crippen molar-refractivity contribution in [3.05, 3.63) is 23.8 Å². The molecule has 2 heterocycles. The normalized spacial score (nSPS) is 22.1. The minimum Gasteiger partial charge on any atom is -0.366 e. The Bertz CT molecular complexity index is 941. The van der Waals surface area contributed by atoms with Crippen molar-refractivity contribution in [1.29, 1.82) is 0 Å². The molecule has 0 aromatic heterocycles. The van der Waals surface area contributed by atoms with Crippen molar-refractivity contribution in [1.82, 2.24) is 15.1 Å². The maximum atomic E-state index is 13.3. The van der Waals surface area contributed by atoms with E-state index in [9.17, 15) is 14.4 Å². The molecule has 0 spiro atoms. The maximum absolute atomic E-state index is 13.3. The molecular formula is C28H41N5O3. The highest BCUT2D eigenvalue weighted by atomic mass is 16.2. The quantitative estimate of drug-likeness (QED) is 0.656. The molecule has 36 heavy (non-hydrogen) atoms. The molecule has 0 radical (unpaired) electrons. The van der Waals surface area contributed by atoms with Gasteiger partial charge in [-0.05, 0) is 56.8 Å². The number of amides is 3. The average molecular weight is 496 g/mol. The highest BCUT2D eigenvalue weighted by molar-refractivity contribution is 6.00. The zero-order chi connectivity index (χ0) is 24.9. The summed E-state index contributed by atoms with van der Waals surface area (Å²) in [5.74, 6) is 0.660. The zero-order valence-electron chi connectivity index (χ0n) is 21.5. The fourth-order valence-corrected chi connectivity index (χ4v) is 5.96. The van der Waals surface area contributed by atoms with Crippen LogP contribution in [0.5, 0.6) is 0 Å². The molecule has 196 valence electrons. The summed E-state index contributed by atoms with van der Waals surface area (Å²) < 4.78 is 0. The van der Waals surface area contributed by atoms with Gasteiger partial charge in [0.2, 0.25) is 11.8 Å². The summed E-state index contributed by atoms with van der Waals surface area (Å²) in [6.07, 6.45) is 9.43. The molecule has 2 saturated heterocycles. The highest BCUT2D eigenvalue weighted by Crippen LogP contribution is 2.33. The van der Waals surface area contributed by atoms with E-state index in [4.69, 9.17) is 0 Å². The molecule has 0 atom stereocenters. The van der Waals surface area contributed by atoms with E-state index in [1.54, 1.807) is 0 Å². The second-order valence-corrected chi connectivity index (χ2v) is 10.9. The van der Waals surface area contributed by atoms with Gasteiger partial charge in [-0.25, -0.2) is 0 Å². The molecule has 4 aliphatic rings. The Kier molecular flexibility index (Phi) is 8.09. The third-order valence-corrected chi connectivity index (χ3v) is 8.49. The molecule has 4 fully saturated rings. The first-order valence-corrected chi connectivity index (χ1v) is 14.1. The minimum atomic E-state index is 0.0225. The predicted octanol–water partition coefficient (Wildman–Crippen LogP) is 3.09. The molecule has 8 nitrogen and oxygen atoms in total. The molecule has 2 aliphatic heterocycles. The molecule has 2 N–H and O–H groups in total. The summed E-state index contributed by atoms with van der Waals surface area (Å²) in [5, 5.41) is 6.56. The molecule has 2 saturated carbocycles. The number of anilines is 2. The van der Waals surface area contributed by atoms with Crippen LogP contribution < -0.4 is 15.5 Å². The van der Waals surface area contributed by atoms with Crippen molar-refractivity contribution in [3.8, 4) is 0 Å². The van der Waals surface area contributed by atoms with Gasteiger partial charge in [-0.2, -0.15) is 0 Å². The summed E-state index contributed by atoms with van der Waals surface area (Å²) in [6, 6.07) is 5.77. The minimum absolute atomic E-state index is 0.0225. The summed E-state index contributed by atoms with van der Waals surface area (Å²) in [4.78, 5) is 45.4. The third-order valence-electron chi connectivity index (χ3n) is 8.49. The molecular weight excluding hydrogens is 454 g/mol. The molecule has 1 aromatic rings. The Morgan fingerprint density at radius 3 is 2.22 bits per heavy atom. The first-order chi connectivity index (χ1) is 17.6. The molecule has 2 aliphatic carbocycles.